The molecular weight excluding hydrogens is 247 g/mol. The van der Waals surface area contributed by atoms with Crippen molar-refractivity contribution in [3.05, 3.63) is 65.0 Å². The van der Waals surface area contributed by atoms with Crippen LogP contribution in [-0.4, -0.2) is 11.1 Å². The van der Waals surface area contributed by atoms with E-state index in [0.717, 1.165) is 11.1 Å². The zero-order valence-electron chi connectivity index (χ0n) is 10.4. The fourth-order valence-electron chi connectivity index (χ4n) is 1.63. The van der Waals surface area contributed by atoms with Gasteiger partial charge in [0.25, 0.3) is 0 Å². The number of halogens is 1. The maximum Gasteiger partial charge on any atom is 0.335 e. The van der Waals surface area contributed by atoms with Gasteiger partial charge in [-0.05, 0) is 36.2 Å². The number of aromatic carboxylic acids is 1. The van der Waals surface area contributed by atoms with E-state index in [1.807, 2.05) is 6.92 Å². The number of hydrogen-bond acceptors (Lipinski definition) is 2. The molecule has 0 spiro atoms. The van der Waals surface area contributed by atoms with E-state index in [4.69, 9.17) is 9.84 Å². The number of rotatable bonds is 4. The third kappa shape index (κ3) is 3.31. The second-order valence-electron chi connectivity index (χ2n) is 4.20. The van der Waals surface area contributed by atoms with Crippen LogP contribution >= 0.6 is 0 Å². The molecule has 0 aliphatic rings. The average Bonchev–Trinajstić information content (AvgIpc) is 2.40. The van der Waals surface area contributed by atoms with Crippen molar-refractivity contribution >= 4 is 5.97 Å². The Bertz CT molecular complexity index is 591. The van der Waals surface area contributed by atoms with E-state index >= 15 is 0 Å². The zero-order chi connectivity index (χ0) is 13.8. The van der Waals surface area contributed by atoms with Crippen LogP contribution in [0.1, 0.15) is 21.5 Å². The molecule has 0 unspecified atom stereocenters. The van der Waals surface area contributed by atoms with E-state index in [1.165, 1.54) is 24.3 Å². The van der Waals surface area contributed by atoms with Crippen molar-refractivity contribution in [2.75, 3.05) is 0 Å². The van der Waals surface area contributed by atoms with Gasteiger partial charge in [0, 0.05) is 6.07 Å². The number of benzene rings is 2. The van der Waals surface area contributed by atoms with E-state index in [1.54, 1.807) is 18.2 Å². The Hall–Kier alpha value is -2.36. The molecule has 0 fully saturated rings. The van der Waals surface area contributed by atoms with E-state index in [9.17, 15) is 9.18 Å². The average molecular weight is 260 g/mol. The third-order valence-electron chi connectivity index (χ3n) is 2.75. The van der Waals surface area contributed by atoms with Gasteiger partial charge in [-0.3, -0.25) is 0 Å². The molecule has 0 atom stereocenters. The van der Waals surface area contributed by atoms with Gasteiger partial charge in [0.1, 0.15) is 18.2 Å². The van der Waals surface area contributed by atoms with Crippen molar-refractivity contribution in [3.63, 3.8) is 0 Å². The van der Waals surface area contributed by atoms with Crippen LogP contribution in [-0.2, 0) is 6.61 Å². The van der Waals surface area contributed by atoms with Crippen LogP contribution in [0.15, 0.2) is 42.5 Å². The number of ether oxygens (including phenoxy) is 1. The summed E-state index contributed by atoms with van der Waals surface area (Å²) in [5.41, 5.74) is 1.91. The maximum absolute atomic E-state index is 13.1. The quantitative estimate of drug-likeness (QED) is 0.916. The van der Waals surface area contributed by atoms with Gasteiger partial charge in [-0.2, -0.15) is 0 Å². The number of carboxylic acid groups (broad SMARTS) is 1. The molecule has 4 heteroatoms. The summed E-state index contributed by atoms with van der Waals surface area (Å²) in [5.74, 6) is -0.822. The smallest absolute Gasteiger partial charge is 0.335 e. The normalized spacial score (nSPS) is 10.2. The maximum atomic E-state index is 13.1. The number of carbonyl (C=O) groups is 1. The zero-order valence-corrected chi connectivity index (χ0v) is 10.4. The van der Waals surface area contributed by atoms with E-state index < -0.39 is 5.97 Å². The molecule has 19 heavy (non-hydrogen) atoms. The monoisotopic (exact) mass is 260 g/mol. The molecule has 3 nitrogen and oxygen atoms in total. The van der Waals surface area contributed by atoms with E-state index in [-0.39, 0.29) is 18.0 Å². The molecule has 0 radical (unpaired) electrons. The Morgan fingerprint density at radius 2 is 1.89 bits per heavy atom. The lowest BCUT2D eigenvalue weighted by atomic mass is 10.1. The fourth-order valence-corrected chi connectivity index (χ4v) is 1.63. The van der Waals surface area contributed by atoms with Crippen molar-refractivity contribution in [2.24, 2.45) is 0 Å². The molecule has 0 saturated heterocycles. The van der Waals surface area contributed by atoms with E-state index in [0.29, 0.717) is 5.75 Å². The van der Waals surface area contributed by atoms with Crippen LogP contribution in [0, 0.1) is 12.7 Å². The van der Waals surface area contributed by atoms with Gasteiger partial charge >= 0.3 is 5.97 Å². The summed E-state index contributed by atoms with van der Waals surface area (Å²) < 4.78 is 18.6. The minimum absolute atomic E-state index is 0.227. The van der Waals surface area contributed by atoms with Crippen molar-refractivity contribution in [1.29, 1.82) is 0 Å². The molecule has 98 valence electrons. The van der Waals surface area contributed by atoms with Crippen LogP contribution in [0.25, 0.3) is 0 Å². The van der Waals surface area contributed by atoms with Crippen molar-refractivity contribution < 1.29 is 19.0 Å². The van der Waals surface area contributed by atoms with Gasteiger partial charge in [-0.15, -0.1) is 0 Å². The molecule has 2 aromatic rings. The highest BCUT2D eigenvalue weighted by Gasteiger charge is 2.04. The number of carboxylic acids is 1. The highest BCUT2D eigenvalue weighted by atomic mass is 19.1. The van der Waals surface area contributed by atoms with Crippen molar-refractivity contribution in [1.82, 2.24) is 0 Å². The summed E-state index contributed by atoms with van der Waals surface area (Å²) in [7, 11) is 0. The van der Waals surface area contributed by atoms with Gasteiger partial charge < -0.3 is 9.84 Å². The molecule has 0 amide bonds. The Labute approximate surface area is 110 Å². The molecule has 0 bridgehead atoms. The predicted molar refractivity (Wildman–Crippen MR) is 68.9 cm³/mol. The summed E-state index contributed by atoms with van der Waals surface area (Å²) in [6, 6.07) is 10.7. The molecule has 0 aliphatic heterocycles. The van der Waals surface area contributed by atoms with Crippen LogP contribution in [0.2, 0.25) is 0 Å². The number of aryl methyl sites for hydroxylation is 1. The summed E-state index contributed by atoms with van der Waals surface area (Å²) in [6.07, 6.45) is 0. The van der Waals surface area contributed by atoms with Gasteiger partial charge in [-0.1, -0.05) is 18.2 Å². The molecule has 1 N–H and O–H groups in total. The minimum atomic E-state index is -0.964. The highest BCUT2D eigenvalue weighted by molar-refractivity contribution is 5.87. The van der Waals surface area contributed by atoms with Crippen LogP contribution in [0.3, 0.4) is 0 Å². The molecule has 0 aliphatic carbocycles. The fraction of sp³-hybridized carbons (Fsp3) is 0.133. The first-order valence-corrected chi connectivity index (χ1v) is 5.77. The first kappa shape index (κ1) is 13.1. The van der Waals surface area contributed by atoms with Crippen molar-refractivity contribution in [2.45, 2.75) is 13.5 Å². The Balaban J connectivity index is 2.06. The Kier molecular flexibility index (Phi) is 3.80. The molecule has 0 saturated carbocycles. The molecular formula is C15H13FO3. The van der Waals surface area contributed by atoms with Gasteiger partial charge in [0.05, 0.1) is 5.56 Å². The first-order valence-electron chi connectivity index (χ1n) is 5.77. The largest absolute Gasteiger partial charge is 0.489 e. The lowest BCUT2D eigenvalue weighted by Gasteiger charge is -2.09. The number of hydrogen-bond donors (Lipinski definition) is 1. The Morgan fingerprint density at radius 1 is 1.21 bits per heavy atom. The summed E-state index contributed by atoms with van der Waals surface area (Å²) in [5, 5.41) is 8.78. The Morgan fingerprint density at radius 3 is 2.53 bits per heavy atom. The van der Waals surface area contributed by atoms with Crippen LogP contribution < -0.4 is 4.74 Å². The summed E-state index contributed by atoms with van der Waals surface area (Å²) in [4.78, 5) is 10.7. The minimum Gasteiger partial charge on any atom is -0.489 e. The van der Waals surface area contributed by atoms with Gasteiger partial charge in [0.15, 0.2) is 0 Å². The lowest BCUT2D eigenvalue weighted by molar-refractivity contribution is 0.0697. The van der Waals surface area contributed by atoms with E-state index in [2.05, 4.69) is 0 Å². The SMILES string of the molecule is Cc1ccc(F)cc1OCc1ccc(C(=O)O)cc1. The summed E-state index contributed by atoms with van der Waals surface area (Å²) in [6.45, 7) is 2.10. The molecule has 0 heterocycles. The predicted octanol–water partition coefficient (Wildman–Crippen LogP) is 3.41. The van der Waals surface area contributed by atoms with Gasteiger partial charge in [0.2, 0.25) is 0 Å². The van der Waals surface area contributed by atoms with Gasteiger partial charge in [-0.25, -0.2) is 9.18 Å². The first-order chi connectivity index (χ1) is 9.06. The highest BCUT2D eigenvalue weighted by Crippen LogP contribution is 2.20. The van der Waals surface area contributed by atoms with Crippen LogP contribution in [0.4, 0.5) is 4.39 Å². The second-order valence-corrected chi connectivity index (χ2v) is 4.20. The van der Waals surface area contributed by atoms with Crippen LogP contribution in [0.5, 0.6) is 5.75 Å². The molecule has 2 aromatic carbocycles. The second kappa shape index (κ2) is 5.52. The summed E-state index contributed by atoms with van der Waals surface area (Å²) >= 11 is 0. The lowest BCUT2D eigenvalue weighted by Crippen LogP contribution is -2.00. The standard InChI is InChI=1S/C15H13FO3/c1-10-2-7-13(16)8-14(10)19-9-11-3-5-12(6-4-11)15(17)18/h2-8H,9H2,1H3,(H,17,18). The van der Waals surface area contributed by atoms with Crippen molar-refractivity contribution in [3.8, 4) is 5.75 Å². The molecule has 2 rings (SSSR count). The third-order valence-corrected chi connectivity index (χ3v) is 2.75. The topological polar surface area (TPSA) is 46.5 Å². The molecule has 0 aromatic heterocycles.